The molecule has 0 bridgehead atoms. The summed E-state index contributed by atoms with van der Waals surface area (Å²) in [6.45, 7) is 5.78. The summed E-state index contributed by atoms with van der Waals surface area (Å²) in [6.07, 6.45) is -2.20. The fraction of sp³-hybridized carbons (Fsp3) is 0.500. The number of amides is 1. The molecule has 1 saturated heterocycles. The molecule has 0 spiro atoms. The highest BCUT2D eigenvalue weighted by Gasteiger charge is 2.47. The van der Waals surface area contributed by atoms with Gasteiger partial charge < -0.3 is 29.4 Å². The normalized spacial score (nSPS) is 25.5. The maximum Gasteiger partial charge on any atom is 0.223 e. The maximum atomic E-state index is 12.6. The van der Waals surface area contributed by atoms with Crippen molar-refractivity contribution in [2.45, 2.75) is 76.7 Å². The second-order valence-corrected chi connectivity index (χ2v) is 9.05. The van der Waals surface area contributed by atoms with Gasteiger partial charge in [-0.1, -0.05) is 60.7 Å². The Morgan fingerprint density at radius 2 is 1.52 bits per heavy atom. The maximum absolute atomic E-state index is 12.6. The monoisotopic (exact) mass is 457 g/mol. The largest absolute Gasteiger partial charge is 0.390 e. The van der Waals surface area contributed by atoms with Crippen LogP contribution < -0.4 is 5.32 Å². The van der Waals surface area contributed by atoms with Crippen molar-refractivity contribution in [3.63, 3.8) is 0 Å². The summed E-state index contributed by atoms with van der Waals surface area (Å²) in [5.41, 5.74) is 0.909. The third-order valence-electron chi connectivity index (χ3n) is 5.54. The molecular formula is C26H35NO6. The van der Waals surface area contributed by atoms with Crippen LogP contribution in [0.1, 0.15) is 38.3 Å². The first kappa shape index (κ1) is 25.3. The van der Waals surface area contributed by atoms with Crippen LogP contribution in [0, 0.1) is 0 Å². The number of hydrogen-bond acceptors (Lipinski definition) is 6. The number of benzene rings is 2. The van der Waals surface area contributed by atoms with E-state index in [1.165, 1.54) is 0 Å². The van der Waals surface area contributed by atoms with Crippen LogP contribution >= 0.6 is 0 Å². The van der Waals surface area contributed by atoms with E-state index in [1.807, 2.05) is 67.6 Å². The molecule has 1 unspecified atom stereocenters. The molecule has 2 N–H and O–H groups in total. The smallest absolute Gasteiger partial charge is 0.223 e. The van der Waals surface area contributed by atoms with Crippen LogP contribution in [0.4, 0.5) is 0 Å². The summed E-state index contributed by atoms with van der Waals surface area (Å²) >= 11 is 0. The molecule has 0 aliphatic carbocycles. The molecule has 1 fully saturated rings. The van der Waals surface area contributed by atoms with Gasteiger partial charge in [0, 0.05) is 7.11 Å². The highest BCUT2D eigenvalue weighted by Crippen LogP contribution is 2.28. The van der Waals surface area contributed by atoms with Gasteiger partial charge >= 0.3 is 0 Å². The number of ether oxygens (including phenoxy) is 4. The van der Waals surface area contributed by atoms with Crippen molar-refractivity contribution < 1.29 is 28.8 Å². The second-order valence-electron chi connectivity index (χ2n) is 9.05. The summed E-state index contributed by atoms with van der Waals surface area (Å²) in [6, 6.07) is 19.2. The minimum atomic E-state index is -1.12. The topological polar surface area (TPSA) is 86.2 Å². The van der Waals surface area contributed by atoms with Gasteiger partial charge in [0.1, 0.15) is 12.2 Å². The van der Waals surface area contributed by atoms with E-state index < -0.39 is 36.2 Å². The van der Waals surface area contributed by atoms with E-state index in [-0.39, 0.29) is 12.3 Å². The molecule has 2 aromatic carbocycles. The van der Waals surface area contributed by atoms with Crippen LogP contribution in [0.15, 0.2) is 60.7 Å². The van der Waals surface area contributed by atoms with E-state index in [2.05, 4.69) is 5.32 Å². The Kier molecular flexibility index (Phi) is 9.00. The lowest BCUT2D eigenvalue weighted by atomic mass is 9.95. The van der Waals surface area contributed by atoms with Gasteiger partial charge in [0.05, 0.1) is 37.4 Å². The first-order chi connectivity index (χ1) is 15.8. The molecule has 0 saturated carbocycles. The van der Waals surface area contributed by atoms with Crippen LogP contribution in [-0.2, 0) is 37.0 Å². The lowest BCUT2D eigenvalue weighted by molar-refractivity contribution is -0.289. The molecule has 0 aromatic heterocycles. The van der Waals surface area contributed by atoms with E-state index in [9.17, 15) is 9.90 Å². The van der Waals surface area contributed by atoms with Crippen LogP contribution in [0.3, 0.4) is 0 Å². The Hall–Kier alpha value is -2.29. The Labute approximate surface area is 196 Å². The average molecular weight is 458 g/mol. The first-order valence-electron chi connectivity index (χ1n) is 11.3. The predicted octanol–water partition coefficient (Wildman–Crippen LogP) is 3.19. The van der Waals surface area contributed by atoms with Crippen LogP contribution in [-0.4, -0.2) is 54.4 Å². The van der Waals surface area contributed by atoms with Crippen molar-refractivity contribution in [3.8, 4) is 0 Å². The summed E-state index contributed by atoms with van der Waals surface area (Å²) < 4.78 is 24.3. The lowest BCUT2D eigenvalue weighted by Gasteiger charge is -2.45. The van der Waals surface area contributed by atoms with Gasteiger partial charge in [0.25, 0.3) is 0 Å². The highest BCUT2D eigenvalue weighted by atomic mass is 16.7. The summed E-state index contributed by atoms with van der Waals surface area (Å²) in [5, 5.41) is 13.0. The van der Waals surface area contributed by atoms with Gasteiger partial charge in [0.2, 0.25) is 5.91 Å². The zero-order valence-corrected chi connectivity index (χ0v) is 19.8. The third kappa shape index (κ3) is 7.62. The fourth-order valence-corrected chi connectivity index (χ4v) is 3.93. The van der Waals surface area contributed by atoms with Crippen molar-refractivity contribution in [2.75, 3.05) is 7.11 Å². The first-order valence-corrected chi connectivity index (χ1v) is 11.3. The Morgan fingerprint density at radius 3 is 2.03 bits per heavy atom. The van der Waals surface area contributed by atoms with Crippen molar-refractivity contribution in [1.82, 2.24) is 5.32 Å². The molecule has 0 radical (unpaired) electrons. The van der Waals surface area contributed by atoms with E-state index >= 15 is 0 Å². The van der Waals surface area contributed by atoms with Gasteiger partial charge in [0.15, 0.2) is 6.29 Å². The molecule has 7 nitrogen and oxygen atoms in total. The van der Waals surface area contributed by atoms with E-state index in [1.54, 1.807) is 21.0 Å². The van der Waals surface area contributed by atoms with Gasteiger partial charge in [-0.25, -0.2) is 0 Å². The molecule has 1 aliphatic heterocycles. The molecule has 3 rings (SSSR count). The van der Waals surface area contributed by atoms with Crippen LogP contribution in [0.2, 0.25) is 0 Å². The number of hydrogen-bond donors (Lipinski definition) is 2. The van der Waals surface area contributed by atoms with E-state index in [0.29, 0.717) is 13.2 Å². The Bertz CT molecular complexity index is 854. The Balaban J connectivity index is 1.76. The van der Waals surface area contributed by atoms with Crippen LogP contribution in [0.5, 0.6) is 0 Å². The van der Waals surface area contributed by atoms with Crippen molar-refractivity contribution in [1.29, 1.82) is 0 Å². The standard InChI is InChI=1S/C26H35NO6/c1-18-22(27-21(28)15-26(2,3)29)23(31-16-19-11-7-5-8-12-19)24(30-4)25(33-18)32-17-20-13-9-6-10-14-20/h5-14,18,22-25,29H,15-17H2,1-4H3,(H,27,28)/t18-,22-,23+,24-,25?/m1/s1. The zero-order chi connectivity index (χ0) is 23.8. The molecule has 1 heterocycles. The van der Waals surface area contributed by atoms with E-state index in [0.717, 1.165) is 11.1 Å². The highest BCUT2D eigenvalue weighted by molar-refractivity contribution is 5.77. The van der Waals surface area contributed by atoms with Gasteiger partial charge in [-0.3, -0.25) is 4.79 Å². The molecule has 7 heteroatoms. The van der Waals surface area contributed by atoms with Gasteiger partial charge in [-0.2, -0.15) is 0 Å². The molecule has 1 aliphatic rings. The van der Waals surface area contributed by atoms with E-state index in [4.69, 9.17) is 18.9 Å². The molecule has 180 valence electrons. The third-order valence-corrected chi connectivity index (χ3v) is 5.54. The second kappa shape index (κ2) is 11.7. The summed E-state index contributed by atoms with van der Waals surface area (Å²) in [5.74, 6) is -0.283. The lowest BCUT2D eigenvalue weighted by Crippen LogP contribution is -2.64. The number of carbonyl (C=O) groups is 1. The van der Waals surface area contributed by atoms with Gasteiger partial charge in [-0.05, 0) is 31.9 Å². The van der Waals surface area contributed by atoms with Crippen molar-refractivity contribution >= 4 is 5.91 Å². The molecule has 1 amide bonds. The average Bonchev–Trinajstić information content (AvgIpc) is 2.78. The molecular weight excluding hydrogens is 422 g/mol. The Morgan fingerprint density at radius 1 is 0.970 bits per heavy atom. The number of nitrogens with one attached hydrogen (secondary N) is 1. The number of methoxy groups -OCH3 is 1. The molecule has 2 aromatic rings. The van der Waals surface area contributed by atoms with Crippen molar-refractivity contribution in [3.05, 3.63) is 71.8 Å². The molecule has 33 heavy (non-hydrogen) atoms. The number of aliphatic hydroxyl groups is 1. The summed E-state index contributed by atoms with van der Waals surface area (Å²) in [7, 11) is 1.58. The predicted molar refractivity (Wildman–Crippen MR) is 124 cm³/mol. The SMILES string of the molecule is CO[C@H]1C(OCc2ccccc2)O[C@H](C)[C@@H](NC(=O)CC(C)(C)O)[C@@H]1OCc1ccccc1. The quantitative estimate of drug-likeness (QED) is 0.570. The minimum absolute atomic E-state index is 0.0345. The number of carbonyl (C=O) groups excluding carboxylic acids is 1. The van der Waals surface area contributed by atoms with Crippen LogP contribution in [0.25, 0.3) is 0 Å². The summed E-state index contributed by atoms with van der Waals surface area (Å²) in [4.78, 5) is 12.6. The fourth-order valence-electron chi connectivity index (χ4n) is 3.93. The number of rotatable bonds is 10. The zero-order valence-electron chi connectivity index (χ0n) is 19.8. The minimum Gasteiger partial charge on any atom is -0.390 e. The van der Waals surface area contributed by atoms with Gasteiger partial charge in [-0.15, -0.1) is 0 Å². The molecule has 5 atom stereocenters. The van der Waals surface area contributed by atoms with Crippen molar-refractivity contribution in [2.24, 2.45) is 0 Å².